The fraction of sp³-hybridized carbons (Fsp3) is 0.857. The van der Waals surface area contributed by atoms with E-state index in [9.17, 15) is 26.4 Å². The molecule has 5 nitrogen and oxygen atoms in total. The van der Waals surface area contributed by atoms with Gasteiger partial charge in [-0.05, 0) is 6.92 Å². The number of carbonyl (C=O) groups excluding carboxylic acids is 1. The maximum absolute atomic E-state index is 11.7. The number of hydrogen-bond acceptors (Lipinski definition) is 3. The molecule has 0 saturated carbocycles. The molecule has 0 spiro atoms. The molecule has 0 aromatic carbocycles. The Kier molecular flexibility index (Phi) is 5.36. The van der Waals surface area contributed by atoms with E-state index < -0.39 is 34.8 Å². The fourth-order valence-corrected chi connectivity index (χ4v) is 1.86. The average Bonchev–Trinajstić information content (AvgIpc) is 2.12. The quantitative estimate of drug-likeness (QED) is 0.724. The van der Waals surface area contributed by atoms with Gasteiger partial charge in [-0.2, -0.15) is 31.0 Å². The van der Waals surface area contributed by atoms with Crippen LogP contribution in [0.1, 0.15) is 20.3 Å². The Hall–Kier alpha value is -0.670. The number of ketones is 1. The number of carbonyl (C=O) groups is 1. The van der Waals surface area contributed by atoms with Gasteiger partial charge in [0.05, 0.1) is 6.04 Å². The minimum absolute atomic E-state index is 0.100. The van der Waals surface area contributed by atoms with Gasteiger partial charge in [0.1, 0.15) is 12.3 Å². The van der Waals surface area contributed by atoms with Crippen LogP contribution in [0.15, 0.2) is 0 Å². The normalized spacial score (nSPS) is 14.8. The van der Waals surface area contributed by atoms with E-state index in [4.69, 9.17) is 0 Å². The van der Waals surface area contributed by atoms with Crippen molar-refractivity contribution < 1.29 is 26.4 Å². The summed E-state index contributed by atoms with van der Waals surface area (Å²) in [6.07, 6.45) is -4.53. The van der Waals surface area contributed by atoms with E-state index in [1.54, 1.807) is 4.72 Å². The van der Waals surface area contributed by atoms with E-state index in [1.807, 2.05) is 0 Å². The third kappa shape index (κ3) is 6.75. The van der Waals surface area contributed by atoms with Crippen molar-refractivity contribution in [3.8, 4) is 0 Å². The number of Topliss-reactive ketones (excluding diaryl/α,β-unsaturated/α-hetero) is 1. The van der Waals surface area contributed by atoms with Crippen molar-refractivity contribution >= 4 is 16.0 Å². The lowest BCUT2D eigenvalue weighted by atomic mass is 10.2. The first-order chi connectivity index (χ1) is 7.07. The third-order valence-corrected chi connectivity index (χ3v) is 2.81. The molecule has 2 N–H and O–H groups in total. The van der Waals surface area contributed by atoms with Crippen LogP contribution in [0.25, 0.3) is 0 Å². The number of alkyl halides is 3. The van der Waals surface area contributed by atoms with Gasteiger partial charge in [-0.15, -0.1) is 0 Å². The molecule has 0 aliphatic heterocycles. The van der Waals surface area contributed by atoms with Crippen LogP contribution >= 0.6 is 0 Å². The Balaban J connectivity index is 4.31. The van der Waals surface area contributed by atoms with Gasteiger partial charge in [0.25, 0.3) is 10.2 Å². The molecule has 0 rings (SSSR count). The zero-order valence-corrected chi connectivity index (χ0v) is 9.57. The smallest absolute Gasteiger partial charge is 0.298 e. The fourth-order valence-electron chi connectivity index (χ4n) is 0.823. The lowest BCUT2D eigenvalue weighted by molar-refractivity contribution is -0.121. The predicted molar refractivity (Wildman–Crippen MR) is 50.9 cm³/mol. The van der Waals surface area contributed by atoms with E-state index in [-0.39, 0.29) is 6.42 Å². The van der Waals surface area contributed by atoms with Crippen LogP contribution in [-0.4, -0.2) is 33.0 Å². The number of hydrogen-bond donors (Lipinski definition) is 2. The summed E-state index contributed by atoms with van der Waals surface area (Å²) in [5, 5.41) is 0. The molecule has 96 valence electrons. The molecule has 0 heterocycles. The molecule has 0 radical (unpaired) electrons. The van der Waals surface area contributed by atoms with Gasteiger partial charge in [-0.25, -0.2) is 0 Å². The van der Waals surface area contributed by atoms with Crippen molar-refractivity contribution in [1.82, 2.24) is 9.44 Å². The van der Waals surface area contributed by atoms with Crippen LogP contribution in [0.5, 0.6) is 0 Å². The molecule has 0 aliphatic rings. The number of rotatable bonds is 6. The highest BCUT2D eigenvalue weighted by Crippen LogP contribution is 2.12. The zero-order valence-electron chi connectivity index (χ0n) is 8.76. The van der Waals surface area contributed by atoms with E-state index in [2.05, 4.69) is 0 Å². The van der Waals surface area contributed by atoms with Crippen LogP contribution in [0.4, 0.5) is 13.2 Å². The minimum Gasteiger partial charge on any atom is -0.298 e. The summed E-state index contributed by atoms with van der Waals surface area (Å²) >= 11 is 0. The summed E-state index contributed by atoms with van der Waals surface area (Å²) in [5.41, 5.74) is 0. The van der Waals surface area contributed by atoms with Crippen LogP contribution in [-0.2, 0) is 15.0 Å². The summed E-state index contributed by atoms with van der Waals surface area (Å²) in [6.45, 7) is 1.12. The SMILES string of the molecule is CCC(=O)C(C)NS(=O)(=O)NCC(F)(F)F. The van der Waals surface area contributed by atoms with Crippen LogP contribution in [0.3, 0.4) is 0 Å². The molecular weight excluding hydrogens is 249 g/mol. The second-order valence-electron chi connectivity index (χ2n) is 3.10. The van der Waals surface area contributed by atoms with Crippen LogP contribution in [0, 0.1) is 0 Å². The Morgan fingerprint density at radius 1 is 1.38 bits per heavy atom. The van der Waals surface area contributed by atoms with Crippen molar-refractivity contribution in [3.05, 3.63) is 0 Å². The maximum Gasteiger partial charge on any atom is 0.402 e. The highest BCUT2D eigenvalue weighted by atomic mass is 32.2. The van der Waals surface area contributed by atoms with Gasteiger partial charge in [-0.1, -0.05) is 6.92 Å². The lowest BCUT2D eigenvalue weighted by Crippen LogP contribution is -2.47. The Morgan fingerprint density at radius 2 is 1.88 bits per heavy atom. The predicted octanol–water partition coefficient (Wildman–Crippen LogP) is 0.340. The molecule has 0 saturated heterocycles. The Bertz CT molecular complexity index is 339. The van der Waals surface area contributed by atoms with Crippen molar-refractivity contribution in [2.24, 2.45) is 0 Å². The molecule has 0 amide bonds. The lowest BCUT2D eigenvalue weighted by Gasteiger charge is -2.14. The van der Waals surface area contributed by atoms with Gasteiger partial charge in [-0.3, -0.25) is 4.79 Å². The Morgan fingerprint density at radius 3 is 2.25 bits per heavy atom. The first-order valence-corrected chi connectivity index (χ1v) is 5.92. The summed E-state index contributed by atoms with van der Waals surface area (Å²) < 4.78 is 60.3. The summed E-state index contributed by atoms with van der Waals surface area (Å²) in [6, 6.07) is -1.05. The van der Waals surface area contributed by atoms with Crippen molar-refractivity contribution in [1.29, 1.82) is 0 Å². The van der Waals surface area contributed by atoms with Crippen molar-refractivity contribution in [3.63, 3.8) is 0 Å². The van der Waals surface area contributed by atoms with Crippen molar-refractivity contribution in [2.45, 2.75) is 32.5 Å². The molecule has 1 unspecified atom stereocenters. The zero-order chi connectivity index (χ0) is 13.0. The van der Waals surface area contributed by atoms with Gasteiger partial charge in [0, 0.05) is 6.42 Å². The molecule has 0 aliphatic carbocycles. The highest BCUT2D eigenvalue weighted by Gasteiger charge is 2.30. The minimum atomic E-state index is -4.63. The second-order valence-corrected chi connectivity index (χ2v) is 4.63. The Labute approximate surface area is 91.6 Å². The molecular formula is C7H13F3N2O3S. The van der Waals surface area contributed by atoms with Crippen LogP contribution in [0.2, 0.25) is 0 Å². The summed E-state index contributed by atoms with van der Waals surface area (Å²) in [5.74, 6) is -0.405. The first-order valence-electron chi connectivity index (χ1n) is 4.44. The number of nitrogens with one attached hydrogen (secondary N) is 2. The third-order valence-electron chi connectivity index (χ3n) is 1.63. The monoisotopic (exact) mass is 262 g/mol. The summed E-state index contributed by atoms with van der Waals surface area (Å²) in [4.78, 5) is 11.0. The molecule has 0 bridgehead atoms. The van der Waals surface area contributed by atoms with Gasteiger partial charge in [0.15, 0.2) is 0 Å². The van der Waals surface area contributed by atoms with Gasteiger partial charge < -0.3 is 0 Å². The van der Waals surface area contributed by atoms with E-state index in [1.165, 1.54) is 18.6 Å². The van der Waals surface area contributed by atoms with E-state index in [0.717, 1.165) is 0 Å². The van der Waals surface area contributed by atoms with Crippen molar-refractivity contribution in [2.75, 3.05) is 6.54 Å². The molecule has 16 heavy (non-hydrogen) atoms. The van der Waals surface area contributed by atoms with E-state index in [0.29, 0.717) is 0 Å². The average molecular weight is 262 g/mol. The first kappa shape index (κ1) is 15.3. The van der Waals surface area contributed by atoms with E-state index >= 15 is 0 Å². The molecule has 0 fully saturated rings. The highest BCUT2D eigenvalue weighted by molar-refractivity contribution is 7.87. The largest absolute Gasteiger partial charge is 0.402 e. The summed E-state index contributed by atoms with van der Waals surface area (Å²) in [7, 11) is -4.31. The van der Waals surface area contributed by atoms with Crippen LogP contribution < -0.4 is 9.44 Å². The maximum atomic E-state index is 11.7. The number of halogens is 3. The molecule has 1 atom stereocenters. The topological polar surface area (TPSA) is 75.3 Å². The second kappa shape index (κ2) is 5.60. The molecule has 9 heteroatoms. The van der Waals surface area contributed by atoms with Gasteiger partial charge >= 0.3 is 6.18 Å². The van der Waals surface area contributed by atoms with Gasteiger partial charge in [0.2, 0.25) is 0 Å². The molecule has 0 aromatic rings. The standard InChI is InChI=1S/C7H13F3N2O3S/c1-3-6(13)5(2)12-16(14,15)11-4-7(8,9)10/h5,11-12H,3-4H2,1-2H3. The molecule has 0 aromatic heterocycles.